The van der Waals surface area contributed by atoms with E-state index in [2.05, 4.69) is 26.1 Å². The molecule has 1 saturated carbocycles. The molecule has 2 unspecified atom stereocenters. The zero-order valence-corrected chi connectivity index (χ0v) is 11.6. The molecule has 0 spiro atoms. The molecule has 0 aromatic heterocycles. The van der Waals surface area contributed by atoms with E-state index in [9.17, 15) is 0 Å². The molecule has 2 nitrogen and oxygen atoms in total. The van der Waals surface area contributed by atoms with Crippen molar-refractivity contribution in [1.82, 2.24) is 5.32 Å². The van der Waals surface area contributed by atoms with E-state index in [-0.39, 0.29) is 5.54 Å². The molecule has 2 atom stereocenters. The first-order chi connectivity index (χ1) is 7.61. The highest BCUT2D eigenvalue weighted by Gasteiger charge is 2.32. The molecule has 1 fully saturated rings. The largest absolute Gasteiger partial charge is 0.360 e. The zero-order valence-electron chi connectivity index (χ0n) is 10.8. The molecule has 0 bridgehead atoms. The summed E-state index contributed by atoms with van der Waals surface area (Å²) in [5.41, 5.74) is 0.200. The van der Waals surface area contributed by atoms with E-state index in [0.717, 1.165) is 5.92 Å². The van der Waals surface area contributed by atoms with Crippen molar-refractivity contribution in [2.45, 2.75) is 64.5 Å². The molecule has 0 aromatic carbocycles. The summed E-state index contributed by atoms with van der Waals surface area (Å²) in [4.78, 5) is 4.88. The van der Waals surface area contributed by atoms with Gasteiger partial charge in [-0.05, 0) is 39.0 Å². The quantitative estimate of drug-likeness (QED) is 0.817. The normalized spacial score (nSPS) is 29.8. The summed E-state index contributed by atoms with van der Waals surface area (Å²) in [5.74, 6) is 2.14. The van der Waals surface area contributed by atoms with Crippen molar-refractivity contribution < 1.29 is 0 Å². The average molecular weight is 240 g/mol. The van der Waals surface area contributed by atoms with Crippen LogP contribution >= 0.6 is 11.8 Å². The molecule has 1 aliphatic heterocycles. The smallest absolute Gasteiger partial charge is 0.157 e. The Morgan fingerprint density at radius 2 is 2.25 bits per heavy atom. The lowest BCUT2D eigenvalue weighted by atomic mass is 9.99. The number of hydrogen-bond acceptors (Lipinski definition) is 3. The maximum atomic E-state index is 4.88. The lowest BCUT2D eigenvalue weighted by molar-refractivity contribution is 0.419. The molecular weight excluding hydrogens is 216 g/mol. The summed E-state index contributed by atoms with van der Waals surface area (Å²) < 4.78 is 0. The van der Waals surface area contributed by atoms with Gasteiger partial charge in [-0.15, -0.1) is 0 Å². The number of nitrogens with one attached hydrogen (secondary N) is 1. The standard InChI is InChI=1S/C13H24N2S/c1-4-8-13(2,3)15-12-14-11-7-5-6-10(11)9-16-12/h10-11H,4-9H2,1-3H3,(H,14,15). The molecular formula is C13H24N2S. The minimum atomic E-state index is 0.200. The summed E-state index contributed by atoms with van der Waals surface area (Å²) in [5, 5.41) is 4.82. The van der Waals surface area contributed by atoms with Gasteiger partial charge >= 0.3 is 0 Å². The molecule has 2 rings (SSSR count). The highest BCUT2D eigenvalue weighted by atomic mass is 32.2. The summed E-state index contributed by atoms with van der Waals surface area (Å²) in [6, 6.07) is 0.626. The second kappa shape index (κ2) is 4.99. The van der Waals surface area contributed by atoms with Gasteiger partial charge in [-0.3, -0.25) is 4.99 Å². The second-order valence-corrected chi connectivity index (χ2v) is 6.77. The molecule has 1 N–H and O–H groups in total. The first-order valence-corrected chi connectivity index (χ1v) is 7.58. The molecule has 1 heterocycles. The predicted octanol–water partition coefficient (Wildman–Crippen LogP) is 3.43. The van der Waals surface area contributed by atoms with E-state index in [1.54, 1.807) is 0 Å². The van der Waals surface area contributed by atoms with Crippen LogP contribution in [-0.4, -0.2) is 22.5 Å². The molecule has 0 radical (unpaired) electrons. The van der Waals surface area contributed by atoms with Crippen LogP contribution in [0.1, 0.15) is 52.9 Å². The van der Waals surface area contributed by atoms with Gasteiger partial charge in [-0.1, -0.05) is 31.5 Å². The Hall–Kier alpha value is -0.180. The van der Waals surface area contributed by atoms with E-state index < -0.39 is 0 Å². The third-order valence-corrected chi connectivity index (χ3v) is 4.73. The van der Waals surface area contributed by atoms with Crippen LogP contribution < -0.4 is 5.32 Å². The van der Waals surface area contributed by atoms with Gasteiger partial charge in [-0.25, -0.2) is 0 Å². The van der Waals surface area contributed by atoms with Crippen molar-refractivity contribution in [2.24, 2.45) is 10.9 Å². The Balaban J connectivity index is 1.95. The van der Waals surface area contributed by atoms with Gasteiger partial charge in [0.1, 0.15) is 0 Å². The van der Waals surface area contributed by atoms with Crippen molar-refractivity contribution in [3.63, 3.8) is 0 Å². The van der Waals surface area contributed by atoms with E-state index in [0.29, 0.717) is 6.04 Å². The molecule has 0 saturated heterocycles. The SMILES string of the molecule is CCCC(C)(C)NC1=NC2CCCC2CS1. The zero-order chi connectivity index (χ0) is 11.6. The van der Waals surface area contributed by atoms with Crippen LogP contribution in [0, 0.1) is 5.92 Å². The number of nitrogens with zero attached hydrogens (tertiary/aromatic N) is 1. The van der Waals surface area contributed by atoms with Gasteiger partial charge in [0.25, 0.3) is 0 Å². The van der Waals surface area contributed by atoms with Gasteiger partial charge in [-0.2, -0.15) is 0 Å². The molecule has 0 aromatic rings. The fourth-order valence-electron chi connectivity index (χ4n) is 2.80. The van der Waals surface area contributed by atoms with Crippen LogP contribution in [0.3, 0.4) is 0 Å². The van der Waals surface area contributed by atoms with Crippen LogP contribution in [0.4, 0.5) is 0 Å². The van der Waals surface area contributed by atoms with E-state index in [1.165, 1.54) is 43.0 Å². The molecule has 3 heteroatoms. The van der Waals surface area contributed by atoms with E-state index in [4.69, 9.17) is 4.99 Å². The fraction of sp³-hybridized carbons (Fsp3) is 0.923. The Morgan fingerprint density at radius 3 is 3.00 bits per heavy atom. The van der Waals surface area contributed by atoms with Crippen LogP contribution in [0.15, 0.2) is 4.99 Å². The van der Waals surface area contributed by atoms with Gasteiger partial charge < -0.3 is 5.32 Å². The van der Waals surface area contributed by atoms with E-state index in [1.807, 2.05) is 11.8 Å². The number of fused-ring (bicyclic) bond motifs is 1. The molecule has 2 aliphatic rings. The highest BCUT2D eigenvalue weighted by Crippen LogP contribution is 2.35. The molecule has 92 valence electrons. The minimum absolute atomic E-state index is 0.200. The Morgan fingerprint density at radius 1 is 1.44 bits per heavy atom. The minimum Gasteiger partial charge on any atom is -0.360 e. The van der Waals surface area contributed by atoms with Gasteiger partial charge in [0.2, 0.25) is 0 Å². The number of aliphatic imine (C=N–C) groups is 1. The molecule has 1 aliphatic carbocycles. The van der Waals surface area contributed by atoms with Crippen LogP contribution in [-0.2, 0) is 0 Å². The summed E-state index contributed by atoms with van der Waals surface area (Å²) in [6.45, 7) is 6.80. The predicted molar refractivity (Wildman–Crippen MR) is 73.1 cm³/mol. The Labute approximate surface area is 104 Å². The Bertz CT molecular complexity index is 273. The number of hydrogen-bond donors (Lipinski definition) is 1. The first kappa shape index (κ1) is 12.3. The third-order valence-electron chi connectivity index (χ3n) is 3.66. The first-order valence-electron chi connectivity index (χ1n) is 6.59. The van der Waals surface area contributed by atoms with Crippen molar-refractivity contribution in [3.05, 3.63) is 0 Å². The van der Waals surface area contributed by atoms with Gasteiger partial charge in [0.05, 0.1) is 6.04 Å². The van der Waals surface area contributed by atoms with Crippen LogP contribution in [0.5, 0.6) is 0 Å². The van der Waals surface area contributed by atoms with Crippen molar-refractivity contribution in [2.75, 3.05) is 5.75 Å². The maximum absolute atomic E-state index is 4.88. The highest BCUT2D eigenvalue weighted by molar-refractivity contribution is 8.13. The van der Waals surface area contributed by atoms with Gasteiger partial charge in [0, 0.05) is 11.3 Å². The van der Waals surface area contributed by atoms with Crippen molar-refractivity contribution in [1.29, 1.82) is 0 Å². The van der Waals surface area contributed by atoms with Gasteiger partial charge in [0.15, 0.2) is 5.17 Å². The van der Waals surface area contributed by atoms with Crippen molar-refractivity contribution in [3.8, 4) is 0 Å². The Kier molecular flexibility index (Phi) is 3.83. The monoisotopic (exact) mass is 240 g/mol. The second-order valence-electron chi connectivity index (χ2n) is 5.76. The van der Waals surface area contributed by atoms with Crippen molar-refractivity contribution >= 4 is 16.9 Å². The molecule has 0 amide bonds. The lowest BCUT2D eigenvalue weighted by Crippen LogP contribution is -2.44. The number of rotatable bonds is 3. The lowest BCUT2D eigenvalue weighted by Gasteiger charge is -2.31. The third kappa shape index (κ3) is 2.93. The number of thioether (sulfide) groups is 1. The maximum Gasteiger partial charge on any atom is 0.157 e. The summed E-state index contributed by atoms with van der Waals surface area (Å²) in [6.07, 6.45) is 6.52. The topological polar surface area (TPSA) is 24.4 Å². The summed E-state index contributed by atoms with van der Waals surface area (Å²) >= 11 is 1.93. The van der Waals surface area contributed by atoms with Crippen LogP contribution in [0.2, 0.25) is 0 Å². The average Bonchev–Trinajstić information content (AvgIpc) is 2.63. The molecule has 16 heavy (non-hydrogen) atoms. The van der Waals surface area contributed by atoms with Crippen LogP contribution in [0.25, 0.3) is 0 Å². The van der Waals surface area contributed by atoms with E-state index >= 15 is 0 Å². The number of amidine groups is 1. The fourth-order valence-corrected chi connectivity index (χ4v) is 4.12. The summed E-state index contributed by atoms with van der Waals surface area (Å²) in [7, 11) is 0.